The number of aryl methyl sites for hydroxylation is 1. The molecule has 2 rings (SSSR count). The molecule has 2 aromatic rings. The number of hydrogen-bond acceptors (Lipinski definition) is 6. The minimum absolute atomic E-state index is 0.0926. The largest absolute Gasteiger partial charge is 0.411 e. The first-order chi connectivity index (χ1) is 9.17. The van der Waals surface area contributed by atoms with Crippen LogP contribution in [0.15, 0.2) is 28.3 Å². The minimum Gasteiger partial charge on any atom is -0.411 e. The first kappa shape index (κ1) is 13.0. The lowest BCUT2D eigenvalue weighted by Crippen LogP contribution is -2.23. The highest BCUT2D eigenvalue weighted by molar-refractivity contribution is 5.86. The van der Waals surface area contributed by atoms with Gasteiger partial charge in [0.15, 0.2) is 0 Å². The fourth-order valence-electron chi connectivity index (χ4n) is 1.74. The van der Waals surface area contributed by atoms with Gasteiger partial charge < -0.3 is 15.6 Å². The quantitative estimate of drug-likeness (QED) is 0.416. The maximum absolute atomic E-state index is 12.3. The second-order valence-corrected chi connectivity index (χ2v) is 4.01. The number of aromatic nitrogens is 2. The van der Waals surface area contributed by atoms with Crippen LogP contribution in [0.3, 0.4) is 0 Å². The molecule has 0 aliphatic heterocycles. The van der Waals surface area contributed by atoms with Crippen LogP contribution in [0, 0.1) is 6.92 Å². The van der Waals surface area contributed by atoms with Crippen LogP contribution in [-0.4, -0.2) is 39.1 Å². The number of fused-ring (bicyclic) bond motifs is 1. The predicted molar refractivity (Wildman–Crippen MR) is 71.2 cm³/mol. The molecular formula is C12H14N4O3. The van der Waals surface area contributed by atoms with E-state index in [9.17, 15) is 4.79 Å². The summed E-state index contributed by atoms with van der Waals surface area (Å²) in [5.74, 6) is 0.278. The van der Waals surface area contributed by atoms with Gasteiger partial charge in [-0.1, -0.05) is 11.2 Å². The number of anilines is 1. The molecule has 3 N–H and O–H groups in total. The van der Waals surface area contributed by atoms with Crippen molar-refractivity contribution >= 4 is 17.7 Å². The van der Waals surface area contributed by atoms with Crippen LogP contribution >= 0.6 is 0 Å². The summed E-state index contributed by atoms with van der Waals surface area (Å²) >= 11 is 0. The van der Waals surface area contributed by atoms with Gasteiger partial charge in [-0.2, -0.15) is 0 Å². The van der Waals surface area contributed by atoms with Crippen molar-refractivity contribution in [2.45, 2.75) is 6.92 Å². The first-order valence-electron chi connectivity index (χ1n) is 5.72. The first-order valence-corrected chi connectivity index (χ1v) is 5.72. The molecule has 0 atom stereocenters. The zero-order valence-electron chi connectivity index (χ0n) is 10.4. The second-order valence-electron chi connectivity index (χ2n) is 4.01. The van der Waals surface area contributed by atoms with Crippen molar-refractivity contribution in [3.05, 3.63) is 39.8 Å². The molecule has 0 bridgehead atoms. The molecule has 7 nitrogen and oxygen atoms in total. The SMILES string of the molecule is Cc1ccc2nc(NCCO)c(/C=N/O)c(=O)n2c1. The van der Waals surface area contributed by atoms with Gasteiger partial charge in [0, 0.05) is 12.7 Å². The highest BCUT2D eigenvalue weighted by Gasteiger charge is 2.11. The molecule has 0 unspecified atom stereocenters. The molecule has 0 aliphatic rings. The monoisotopic (exact) mass is 262 g/mol. The van der Waals surface area contributed by atoms with Crippen LogP contribution in [0.5, 0.6) is 0 Å². The number of nitrogens with zero attached hydrogens (tertiary/aromatic N) is 3. The number of pyridine rings is 1. The van der Waals surface area contributed by atoms with E-state index < -0.39 is 0 Å². The lowest BCUT2D eigenvalue weighted by molar-refractivity contribution is 0.311. The number of nitrogens with one attached hydrogen (secondary N) is 1. The van der Waals surface area contributed by atoms with Gasteiger partial charge in [0.2, 0.25) is 0 Å². The van der Waals surface area contributed by atoms with E-state index in [0.29, 0.717) is 5.65 Å². The average Bonchev–Trinajstić information content (AvgIpc) is 2.41. The third kappa shape index (κ3) is 2.55. The summed E-state index contributed by atoms with van der Waals surface area (Å²) in [5, 5.41) is 23.2. The van der Waals surface area contributed by atoms with Gasteiger partial charge in [0.25, 0.3) is 5.56 Å². The number of oxime groups is 1. The Labute approximate surface area is 108 Å². The predicted octanol–water partition coefficient (Wildman–Crippen LogP) is 0.215. The Kier molecular flexibility index (Phi) is 3.76. The van der Waals surface area contributed by atoms with Gasteiger partial charge in [0.05, 0.1) is 12.8 Å². The van der Waals surface area contributed by atoms with Gasteiger partial charge in [-0.05, 0) is 18.6 Å². The topological polar surface area (TPSA) is 99.2 Å². The van der Waals surface area contributed by atoms with Crippen LogP contribution in [-0.2, 0) is 0 Å². The van der Waals surface area contributed by atoms with Gasteiger partial charge in [0.1, 0.15) is 17.0 Å². The van der Waals surface area contributed by atoms with Crippen molar-refractivity contribution in [2.24, 2.45) is 5.16 Å². The van der Waals surface area contributed by atoms with Crippen molar-refractivity contribution in [3.8, 4) is 0 Å². The zero-order valence-corrected chi connectivity index (χ0v) is 10.4. The molecular weight excluding hydrogens is 248 g/mol. The van der Waals surface area contributed by atoms with Gasteiger partial charge in [-0.3, -0.25) is 9.20 Å². The summed E-state index contributed by atoms with van der Waals surface area (Å²) < 4.78 is 1.39. The fourth-order valence-corrected chi connectivity index (χ4v) is 1.74. The molecule has 19 heavy (non-hydrogen) atoms. The molecule has 0 radical (unpaired) electrons. The normalized spacial score (nSPS) is 11.3. The summed E-state index contributed by atoms with van der Waals surface area (Å²) in [7, 11) is 0. The van der Waals surface area contributed by atoms with Gasteiger partial charge in [-0.15, -0.1) is 0 Å². The van der Waals surface area contributed by atoms with E-state index in [4.69, 9.17) is 10.3 Å². The molecule has 0 saturated carbocycles. The number of rotatable bonds is 4. The van der Waals surface area contributed by atoms with Crippen LogP contribution in [0.4, 0.5) is 5.82 Å². The van der Waals surface area contributed by atoms with Gasteiger partial charge >= 0.3 is 0 Å². The Morgan fingerprint density at radius 3 is 3.00 bits per heavy atom. The number of aliphatic hydroxyl groups excluding tert-OH is 1. The third-order valence-electron chi connectivity index (χ3n) is 2.60. The molecule has 7 heteroatoms. The average molecular weight is 262 g/mol. The van der Waals surface area contributed by atoms with E-state index in [1.807, 2.05) is 13.0 Å². The van der Waals surface area contributed by atoms with Crippen LogP contribution in [0.1, 0.15) is 11.1 Å². The van der Waals surface area contributed by atoms with E-state index in [-0.39, 0.29) is 30.1 Å². The molecule has 0 spiro atoms. The van der Waals surface area contributed by atoms with Crippen molar-refractivity contribution in [3.63, 3.8) is 0 Å². The van der Waals surface area contributed by atoms with Crippen LogP contribution < -0.4 is 10.9 Å². The maximum atomic E-state index is 12.3. The molecule has 100 valence electrons. The van der Waals surface area contributed by atoms with Crippen molar-refractivity contribution in [2.75, 3.05) is 18.5 Å². The third-order valence-corrected chi connectivity index (χ3v) is 2.60. The standard InChI is InChI=1S/C12H14N4O3/c1-8-2-3-10-15-11(13-4-5-17)9(6-14-19)12(18)16(10)7-8/h2-3,6-7,13,17,19H,4-5H2,1H3/b14-6+. The number of hydrogen-bond donors (Lipinski definition) is 3. The molecule has 0 saturated heterocycles. The Morgan fingerprint density at radius 2 is 2.32 bits per heavy atom. The smallest absolute Gasteiger partial charge is 0.268 e. The lowest BCUT2D eigenvalue weighted by Gasteiger charge is -2.09. The minimum atomic E-state index is -0.341. The zero-order chi connectivity index (χ0) is 13.8. The molecule has 0 fully saturated rings. The van der Waals surface area contributed by atoms with Crippen LogP contribution in [0.25, 0.3) is 5.65 Å². The molecule has 2 heterocycles. The summed E-state index contributed by atoms with van der Waals surface area (Å²) in [6, 6.07) is 3.57. The summed E-state index contributed by atoms with van der Waals surface area (Å²) in [6.45, 7) is 2.02. The Bertz CT molecular complexity index is 678. The summed E-state index contributed by atoms with van der Waals surface area (Å²) in [5.41, 5.74) is 1.19. The second kappa shape index (κ2) is 5.49. The van der Waals surface area contributed by atoms with E-state index in [1.54, 1.807) is 12.3 Å². The molecule has 0 aliphatic carbocycles. The Morgan fingerprint density at radius 1 is 1.53 bits per heavy atom. The highest BCUT2D eigenvalue weighted by atomic mass is 16.4. The Balaban J connectivity index is 2.70. The van der Waals surface area contributed by atoms with Crippen molar-refractivity contribution < 1.29 is 10.3 Å². The number of aliphatic hydroxyl groups is 1. The van der Waals surface area contributed by atoms with Crippen molar-refractivity contribution in [1.82, 2.24) is 9.38 Å². The maximum Gasteiger partial charge on any atom is 0.268 e. The molecule has 0 amide bonds. The Hall–Kier alpha value is -2.41. The fraction of sp³-hybridized carbons (Fsp3) is 0.250. The van der Waals surface area contributed by atoms with E-state index in [0.717, 1.165) is 11.8 Å². The highest BCUT2D eigenvalue weighted by Crippen LogP contribution is 2.09. The molecule has 2 aromatic heterocycles. The van der Waals surface area contributed by atoms with Gasteiger partial charge in [-0.25, -0.2) is 4.98 Å². The van der Waals surface area contributed by atoms with Crippen molar-refractivity contribution in [1.29, 1.82) is 0 Å². The lowest BCUT2D eigenvalue weighted by atomic mass is 10.2. The van der Waals surface area contributed by atoms with E-state index in [1.165, 1.54) is 4.40 Å². The molecule has 0 aromatic carbocycles. The van der Waals surface area contributed by atoms with E-state index >= 15 is 0 Å². The summed E-state index contributed by atoms with van der Waals surface area (Å²) in [4.78, 5) is 16.5. The van der Waals surface area contributed by atoms with Crippen LogP contribution in [0.2, 0.25) is 0 Å². The summed E-state index contributed by atoms with van der Waals surface area (Å²) in [6.07, 6.45) is 2.69. The van der Waals surface area contributed by atoms with E-state index in [2.05, 4.69) is 15.5 Å².